The molecule has 1 aliphatic carbocycles. The molecule has 88 valence electrons. The third-order valence-corrected chi connectivity index (χ3v) is 4.92. The Hall–Kier alpha value is -1.60. The lowest BCUT2D eigenvalue weighted by Gasteiger charge is -2.21. The van der Waals surface area contributed by atoms with Gasteiger partial charge in [0.1, 0.15) is 0 Å². The second-order valence-electron chi connectivity index (χ2n) is 5.08. The maximum Gasteiger partial charge on any atom is 0.0424 e. The van der Waals surface area contributed by atoms with Crippen molar-refractivity contribution >= 4 is 38.3 Å². The van der Waals surface area contributed by atoms with Gasteiger partial charge in [0.05, 0.1) is 0 Å². The predicted octanol–water partition coefficient (Wildman–Crippen LogP) is 5.57. The first-order valence-electron chi connectivity index (χ1n) is 6.44. The van der Waals surface area contributed by atoms with Crippen LogP contribution >= 0.6 is 11.3 Å². The summed E-state index contributed by atoms with van der Waals surface area (Å²) in [7, 11) is 0. The van der Waals surface area contributed by atoms with E-state index in [4.69, 9.17) is 0 Å². The Morgan fingerprint density at radius 2 is 1.89 bits per heavy atom. The summed E-state index contributed by atoms with van der Waals surface area (Å²) < 4.78 is 1.45. The summed E-state index contributed by atoms with van der Waals surface area (Å²) in [4.78, 5) is 0. The lowest BCUT2D eigenvalue weighted by atomic mass is 9.84. The molecule has 0 N–H and O–H groups in total. The van der Waals surface area contributed by atoms with Crippen molar-refractivity contribution in [2.75, 3.05) is 0 Å². The van der Waals surface area contributed by atoms with E-state index in [0.29, 0.717) is 5.92 Å². The summed E-state index contributed by atoms with van der Waals surface area (Å²) in [5, 5.41) is 6.47. The monoisotopic (exact) mass is 250 g/mol. The molecule has 0 fully saturated rings. The molecule has 1 heteroatoms. The van der Waals surface area contributed by atoms with Crippen LogP contribution in [0.2, 0.25) is 0 Å². The Bertz CT molecular complexity index is 777. The van der Waals surface area contributed by atoms with E-state index in [0.717, 1.165) is 6.42 Å². The highest BCUT2D eigenvalue weighted by Gasteiger charge is 2.19. The van der Waals surface area contributed by atoms with Crippen molar-refractivity contribution in [1.29, 1.82) is 0 Å². The van der Waals surface area contributed by atoms with Gasteiger partial charge in [-0.05, 0) is 45.7 Å². The van der Waals surface area contributed by atoms with Crippen molar-refractivity contribution in [2.24, 2.45) is 0 Å². The normalized spacial score (nSPS) is 18.4. The van der Waals surface area contributed by atoms with Gasteiger partial charge < -0.3 is 0 Å². The molecule has 3 aromatic rings. The van der Waals surface area contributed by atoms with Crippen molar-refractivity contribution in [3.05, 3.63) is 52.9 Å². The van der Waals surface area contributed by atoms with E-state index in [-0.39, 0.29) is 0 Å². The summed E-state index contributed by atoms with van der Waals surface area (Å²) in [5.74, 6) is 0.626. The first-order valence-corrected chi connectivity index (χ1v) is 7.32. The van der Waals surface area contributed by atoms with Gasteiger partial charge in [-0.25, -0.2) is 0 Å². The predicted molar refractivity (Wildman–Crippen MR) is 81.4 cm³/mol. The fourth-order valence-electron chi connectivity index (χ4n) is 3.15. The van der Waals surface area contributed by atoms with Crippen LogP contribution in [-0.4, -0.2) is 0 Å². The van der Waals surface area contributed by atoms with E-state index in [9.17, 15) is 0 Å². The van der Waals surface area contributed by atoms with Gasteiger partial charge in [-0.1, -0.05) is 43.3 Å². The van der Waals surface area contributed by atoms with Crippen LogP contribution < -0.4 is 0 Å². The standard InChI is InChI=1S/C17H14S/c1-11-5-4-8-15-16(11)13-7-3-2-6-12(13)14-9-10-18-17(14)15/h2-4,6-11H,5H2,1H3. The molecular formula is C17H14S. The molecule has 1 atom stereocenters. The fraction of sp³-hybridized carbons (Fsp3) is 0.176. The Balaban J connectivity index is 2.32. The second-order valence-corrected chi connectivity index (χ2v) is 5.99. The van der Waals surface area contributed by atoms with Gasteiger partial charge in [-0.2, -0.15) is 0 Å². The Labute approximate surface area is 111 Å². The average molecular weight is 250 g/mol. The first-order chi connectivity index (χ1) is 8.86. The van der Waals surface area contributed by atoms with Gasteiger partial charge in [0, 0.05) is 10.1 Å². The van der Waals surface area contributed by atoms with Crippen molar-refractivity contribution in [2.45, 2.75) is 19.3 Å². The summed E-state index contributed by atoms with van der Waals surface area (Å²) in [6.07, 6.45) is 5.80. The fourth-order valence-corrected chi connectivity index (χ4v) is 4.10. The van der Waals surface area contributed by atoms with Gasteiger partial charge in [-0.3, -0.25) is 0 Å². The molecule has 1 heterocycles. The highest BCUT2D eigenvalue weighted by atomic mass is 32.1. The van der Waals surface area contributed by atoms with Gasteiger partial charge in [0.25, 0.3) is 0 Å². The van der Waals surface area contributed by atoms with Crippen LogP contribution in [0.25, 0.3) is 26.9 Å². The summed E-state index contributed by atoms with van der Waals surface area (Å²) in [6, 6.07) is 11.1. The molecule has 2 aromatic carbocycles. The van der Waals surface area contributed by atoms with Gasteiger partial charge in [0.2, 0.25) is 0 Å². The zero-order chi connectivity index (χ0) is 12.1. The van der Waals surface area contributed by atoms with Crippen LogP contribution in [0.5, 0.6) is 0 Å². The molecule has 0 saturated carbocycles. The van der Waals surface area contributed by atoms with Crippen LogP contribution in [0.3, 0.4) is 0 Å². The molecular weight excluding hydrogens is 236 g/mol. The Morgan fingerprint density at radius 3 is 2.78 bits per heavy atom. The molecule has 1 aliphatic rings. The molecule has 1 aromatic heterocycles. The maximum atomic E-state index is 2.34. The van der Waals surface area contributed by atoms with Crippen molar-refractivity contribution < 1.29 is 0 Å². The summed E-state index contributed by atoms with van der Waals surface area (Å²) in [6.45, 7) is 2.34. The van der Waals surface area contributed by atoms with Crippen LogP contribution in [0.15, 0.2) is 41.8 Å². The summed E-state index contributed by atoms with van der Waals surface area (Å²) >= 11 is 1.87. The molecule has 0 radical (unpaired) electrons. The molecule has 4 rings (SSSR count). The number of benzene rings is 2. The van der Waals surface area contributed by atoms with E-state index < -0.39 is 0 Å². The first kappa shape index (κ1) is 10.3. The van der Waals surface area contributed by atoms with E-state index in [1.807, 2.05) is 11.3 Å². The molecule has 0 nitrogen and oxygen atoms in total. The lowest BCUT2D eigenvalue weighted by Crippen LogP contribution is -2.01. The molecule has 18 heavy (non-hydrogen) atoms. The van der Waals surface area contributed by atoms with Gasteiger partial charge in [-0.15, -0.1) is 11.3 Å². The molecule has 0 aliphatic heterocycles. The SMILES string of the molecule is CC1CC=Cc2c1c1ccccc1c1ccsc21. The minimum absolute atomic E-state index is 0.626. The largest absolute Gasteiger partial charge is 0.143 e. The van der Waals surface area contributed by atoms with E-state index >= 15 is 0 Å². The highest BCUT2D eigenvalue weighted by Crippen LogP contribution is 2.42. The molecule has 1 unspecified atom stereocenters. The third kappa shape index (κ3) is 1.25. The van der Waals surface area contributed by atoms with Gasteiger partial charge >= 0.3 is 0 Å². The smallest absolute Gasteiger partial charge is 0.0424 e. The highest BCUT2D eigenvalue weighted by molar-refractivity contribution is 7.17. The van der Waals surface area contributed by atoms with Crippen LogP contribution in [-0.2, 0) is 0 Å². The van der Waals surface area contributed by atoms with Crippen molar-refractivity contribution in [3.8, 4) is 0 Å². The third-order valence-electron chi connectivity index (χ3n) is 3.97. The van der Waals surface area contributed by atoms with Crippen molar-refractivity contribution in [3.63, 3.8) is 0 Å². The number of thiophene rings is 1. The van der Waals surface area contributed by atoms with Crippen LogP contribution in [0.1, 0.15) is 30.4 Å². The molecule has 0 bridgehead atoms. The van der Waals surface area contributed by atoms with Crippen LogP contribution in [0, 0.1) is 0 Å². The van der Waals surface area contributed by atoms with E-state index in [2.05, 4.69) is 54.8 Å². The quantitative estimate of drug-likeness (QED) is 0.489. The average Bonchev–Trinajstić information content (AvgIpc) is 2.88. The van der Waals surface area contributed by atoms with Crippen LogP contribution in [0.4, 0.5) is 0 Å². The number of hydrogen-bond donors (Lipinski definition) is 0. The lowest BCUT2D eigenvalue weighted by molar-refractivity contribution is 0.781. The summed E-state index contributed by atoms with van der Waals surface area (Å²) in [5.41, 5.74) is 3.00. The second kappa shape index (κ2) is 3.69. The number of hydrogen-bond acceptors (Lipinski definition) is 1. The van der Waals surface area contributed by atoms with Gasteiger partial charge in [0.15, 0.2) is 0 Å². The zero-order valence-corrected chi connectivity index (χ0v) is 11.1. The minimum Gasteiger partial charge on any atom is -0.143 e. The maximum absolute atomic E-state index is 2.34. The number of fused-ring (bicyclic) bond motifs is 6. The Morgan fingerprint density at radius 1 is 1.06 bits per heavy atom. The topological polar surface area (TPSA) is 0 Å². The molecule has 0 saturated heterocycles. The minimum atomic E-state index is 0.626. The molecule has 0 amide bonds. The number of allylic oxidation sites excluding steroid dienone is 1. The Kier molecular flexibility index (Phi) is 2.12. The number of rotatable bonds is 0. The van der Waals surface area contributed by atoms with Crippen molar-refractivity contribution in [1.82, 2.24) is 0 Å². The zero-order valence-electron chi connectivity index (χ0n) is 10.3. The van der Waals surface area contributed by atoms with E-state index in [1.54, 1.807) is 5.56 Å². The molecule has 0 spiro atoms. The van der Waals surface area contributed by atoms with E-state index in [1.165, 1.54) is 26.4 Å².